The molecule has 0 radical (unpaired) electrons. The lowest BCUT2D eigenvalue weighted by Gasteiger charge is -2.17. The van der Waals surface area contributed by atoms with Gasteiger partial charge >= 0.3 is 0 Å². The van der Waals surface area contributed by atoms with Gasteiger partial charge in [0.2, 0.25) is 0 Å². The predicted octanol–water partition coefficient (Wildman–Crippen LogP) is 4.12. The number of amides is 1. The van der Waals surface area contributed by atoms with Gasteiger partial charge in [-0.1, -0.05) is 19.1 Å². The third-order valence-corrected chi connectivity index (χ3v) is 3.91. The van der Waals surface area contributed by atoms with Crippen LogP contribution < -0.4 is 14.8 Å². The molecular weight excluding hydrogens is 344 g/mol. The summed E-state index contributed by atoms with van der Waals surface area (Å²) in [4.78, 5) is 12.4. The molecule has 0 bridgehead atoms. The van der Waals surface area contributed by atoms with Crippen molar-refractivity contribution in [2.24, 2.45) is 0 Å². The number of nitrogens with one attached hydrogen (secondary N) is 1. The van der Waals surface area contributed by atoms with Crippen molar-refractivity contribution in [1.82, 2.24) is 0 Å². The fraction of sp³-hybridized carbons (Fsp3) is 0.238. The van der Waals surface area contributed by atoms with Crippen LogP contribution in [0, 0.1) is 11.3 Å². The number of hydrogen-bond acceptors (Lipinski definition) is 5. The van der Waals surface area contributed by atoms with Crippen LogP contribution in [0.1, 0.15) is 25.8 Å². The van der Waals surface area contributed by atoms with Crippen LogP contribution in [0.5, 0.6) is 17.2 Å². The molecule has 6 nitrogen and oxygen atoms in total. The first-order valence-corrected chi connectivity index (χ1v) is 8.54. The van der Waals surface area contributed by atoms with Gasteiger partial charge in [0.1, 0.15) is 17.4 Å². The van der Waals surface area contributed by atoms with Crippen LogP contribution in [-0.2, 0) is 4.79 Å². The van der Waals surface area contributed by atoms with Gasteiger partial charge in [-0.05, 0) is 49.8 Å². The van der Waals surface area contributed by atoms with E-state index in [0.29, 0.717) is 22.7 Å². The molecule has 1 atom stereocenters. The summed E-state index contributed by atoms with van der Waals surface area (Å²) in [7, 11) is 1.54. The maximum absolute atomic E-state index is 12.4. The minimum Gasteiger partial charge on any atom is -0.508 e. The van der Waals surface area contributed by atoms with E-state index >= 15 is 0 Å². The smallest absolute Gasteiger partial charge is 0.266 e. The van der Waals surface area contributed by atoms with Gasteiger partial charge in [0.25, 0.3) is 5.91 Å². The summed E-state index contributed by atoms with van der Waals surface area (Å²) < 4.78 is 11.3. The Morgan fingerprint density at radius 2 is 2.00 bits per heavy atom. The van der Waals surface area contributed by atoms with E-state index in [1.165, 1.54) is 25.3 Å². The number of rotatable bonds is 7. The number of aromatic hydroxyl groups is 1. The molecule has 2 aromatic carbocycles. The number of hydrogen-bond donors (Lipinski definition) is 2. The van der Waals surface area contributed by atoms with Crippen LogP contribution in [0.3, 0.4) is 0 Å². The van der Waals surface area contributed by atoms with E-state index in [1.54, 1.807) is 30.3 Å². The molecule has 0 aliphatic heterocycles. The Balaban J connectivity index is 2.34. The summed E-state index contributed by atoms with van der Waals surface area (Å²) in [5, 5.41) is 21.4. The third kappa shape index (κ3) is 5.25. The number of phenolic OH excluding ortho intramolecular Hbond substituents is 1. The van der Waals surface area contributed by atoms with Crippen molar-refractivity contribution in [3.63, 3.8) is 0 Å². The first kappa shape index (κ1) is 19.9. The number of para-hydroxylation sites is 1. The molecule has 0 fully saturated rings. The third-order valence-electron chi connectivity index (χ3n) is 3.91. The number of benzene rings is 2. The van der Waals surface area contributed by atoms with Crippen molar-refractivity contribution >= 4 is 17.7 Å². The number of carbonyl (C=O) groups excluding carboxylic acids is 1. The van der Waals surface area contributed by atoms with E-state index in [9.17, 15) is 15.2 Å². The molecule has 0 saturated heterocycles. The van der Waals surface area contributed by atoms with Gasteiger partial charge < -0.3 is 19.9 Å². The summed E-state index contributed by atoms with van der Waals surface area (Å²) in [6.45, 7) is 3.93. The Morgan fingerprint density at radius 3 is 2.59 bits per heavy atom. The number of nitrogens with zero attached hydrogens (tertiary/aromatic N) is 1. The zero-order chi connectivity index (χ0) is 19.8. The molecule has 0 heterocycles. The largest absolute Gasteiger partial charge is 0.508 e. The van der Waals surface area contributed by atoms with Crippen LogP contribution in [0.4, 0.5) is 5.69 Å². The maximum atomic E-state index is 12.4. The van der Waals surface area contributed by atoms with Crippen molar-refractivity contribution in [2.45, 2.75) is 26.4 Å². The second-order valence-electron chi connectivity index (χ2n) is 5.89. The molecule has 0 aromatic heterocycles. The first-order valence-electron chi connectivity index (χ1n) is 8.54. The zero-order valence-corrected chi connectivity index (χ0v) is 15.5. The van der Waals surface area contributed by atoms with Gasteiger partial charge in [0.15, 0.2) is 11.5 Å². The highest BCUT2D eigenvalue weighted by Crippen LogP contribution is 2.34. The van der Waals surface area contributed by atoms with Gasteiger partial charge in [-0.25, -0.2) is 0 Å². The lowest BCUT2D eigenvalue weighted by atomic mass is 10.1. The minimum absolute atomic E-state index is 0.0511. The minimum atomic E-state index is -0.555. The van der Waals surface area contributed by atoms with Gasteiger partial charge in [-0.2, -0.15) is 5.26 Å². The van der Waals surface area contributed by atoms with Crippen LogP contribution in [0.25, 0.3) is 6.08 Å². The molecule has 0 spiro atoms. The first-order chi connectivity index (χ1) is 13.0. The summed E-state index contributed by atoms with van der Waals surface area (Å²) in [5.74, 6) is 0.549. The second-order valence-corrected chi connectivity index (χ2v) is 5.89. The normalized spacial score (nSPS) is 12.0. The average Bonchev–Trinajstić information content (AvgIpc) is 2.68. The van der Waals surface area contributed by atoms with E-state index in [-0.39, 0.29) is 17.4 Å². The highest BCUT2D eigenvalue weighted by molar-refractivity contribution is 6.09. The van der Waals surface area contributed by atoms with E-state index in [2.05, 4.69) is 5.32 Å². The molecule has 1 unspecified atom stereocenters. The predicted molar refractivity (Wildman–Crippen MR) is 104 cm³/mol. The van der Waals surface area contributed by atoms with Crippen molar-refractivity contribution in [3.8, 4) is 23.3 Å². The number of anilines is 1. The Morgan fingerprint density at radius 1 is 1.30 bits per heavy atom. The van der Waals surface area contributed by atoms with Crippen LogP contribution in [-0.4, -0.2) is 24.2 Å². The molecule has 0 aliphatic rings. The van der Waals surface area contributed by atoms with E-state index < -0.39 is 5.91 Å². The van der Waals surface area contributed by atoms with Gasteiger partial charge in [-0.3, -0.25) is 4.79 Å². The second kappa shape index (κ2) is 9.30. The van der Waals surface area contributed by atoms with E-state index in [1.807, 2.05) is 19.9 Å². The summed E-state index contributed by atoms with van der Waals surface area (Å²) >= 11 is 0. The van der Waals surface area contributed by atoms with Gasteiger partial charge in [0, 0.05) is 11.3 Å². The van der Waals surface area contributed by atoms with Gasteiger partial charge in [-0.15, -0.1) is 0 Å². The molecule has 2 aromatic rings. The van der Waals surface area contributed by atoms with Crippen LogP contribution in [0.2, 0.25) is 0 Å². The molecule has 6 heteroatoms. The van der Waals surface area contributed by atoms with Gasteiger partial charge in [0.05, 0.1) is 13.2 Å². The lowest BCUT2D eigenvalue weighted by Crippen LogP contribution is -2.14. The SMILES string of the molecule is CCC(C)Oc1c(C=C(C#N)C(=O)Nc2ccc(O)cc2)cccc1OC. The van der Waals surface area contributed by atoms with Crippen molar-refractivity contribution in [3.05, 3.63) is 53.6 Å². The van der Waals surface area contributed by atoms with Crippen molar-refractivity contribution in [2.75, 3.05) is 12.4 Å². The molecule has 140 valence electrons. The molecule has 1 amide bonds. The molecule has 0 aliphatic carbocycles. The average molecular weight is 366 g/mol. The lowest BCUT2D eigenvalue weighted by molar-refractivity contribution is -0.112. The maximum Gasteiger partial charge on any atom is 0.266 e. The summed E-state index contributed by atoms with van der Waals surface area (Å²) in [6.07, 6.45) is 2.22. The summed E-state index contributed by atoms with van der Waals surface area (Å²) in [5.41, 5.74) is 0.970. The molecule has 27 heavy (non-hydrogen) atoms. The van der Waals surface area contributed by atoms with Crippen molar-refractivity contribution < 1.29 is 19.4 Å². The Labute approximate surface area is 158 Å². The fourth-order valence-electron chi connectivity index (χ4n) is 2.27. The Bertz CT molecular complexity index is 867. The summed E-state index contributed by atoms with van der Waals surface area (Å²) in [6, 6.07) is 13.2. The fourth-order valence-corrected chi connectivity index (χ4v) is 2.27. The number of phenols is 1. The highest BCUT2D eigenvalue weighted by Gasteiger charge is 2.15. The zero-order valence-electron chi connectivity index (χ0n) is 15.5. The molecule has 2 rings (SSSR count). The monoisotopic (exact) mass is 366 g/mol. The van der Waals surface area contributed by atoms with E-state index in [0.717, 1.165) is 6.42 Å². The van der Waals surface area contributed by atoms with Crippen LogP contribution in [0.15, 0.2) is 48.0 Å². The quantitative estimate of drug-likeness (QED) is 0.437. The topological polar surface area (TPSA) is 91.6 Å². The highest BCUT2D eigenvalue weighted by atomic mass is 16.5. The Hall–Kier alpha value is -3.46. The number of ether oxygens (including phenoxy) is 2. The molecule has 0 saturated carbocycles. The molecular formula is C21H22N2O4. The number of methoxy groups -OCH3 is 1. The van der Waals surface area contributed by atoms with Crippen molar-refractivity contribution in [1.29, 1.82) is 5.26 Å². The van der Waals surface area contributed by atoms with Crippen LogP contribution >= 0.6 is 0 Å². The number of carbonyl (C=O) groups is 1. The number of nitriles is 1. The molecule has 2 N–H and O–H groups in total. The Kier molecular flexibility index (Phi) is 6.84. The van der Waals surface area contributed by atoms with E-state index in [4.69, 9.17) is 9.47 Å². The standard InChI is InChI=1S/C21H22N2O4/c1-4-14(2)27-20-15(6-5-7-19(20)26-3)12-16(13-22)21(25)23-17-8-10-18(24)11-9-17/h5-12,14,24H,4H2,1-3H3,(H,23,25).